The normalized spacial score (nSPS) is 12.7. The SMILES string of the molecule is CC(C)C(=O)N[C@H](C)CCO.CC(C)C(=O)N[C@H](C)CO.CCC(C)(C)CNC(=O)C(C)C.CCC(CO)NC(=O)C(C)C.CCCNC(=O)C(C)C.CCC[C@H](C)NC(=O)C(C)C.CC[C@@H](O)CNC(=O)C(C)C.CC[C@H](C)NC(=O)C(C)C.CC[C@H](O)CNC(=O)C(C)C. The minimum atomic E-state index is -0.405. The monoisotopic (exact) mass is 1380 g/mol. The third-order valence-electron chi connectivity index (χ3n) is 13.7. The second-order valence-electron chi connectivity index (χ2n) is 27.9. The van der Waals surface area contributed by atoms with Gasteiger partial charge in [-0.05, 0) is 84.5 Å². The molecule has 0 heterocycles. The van der Waals surface area contributed by atoms with E-state index in [4.69, 9.17) is 25.5 Å². The lowest BCUT2D eigenvalue weighted by Gasteiger charge is -2.23. The molecule has 0 aliphatic rings. The van der Waals surface area contributed by atoms with Gasteiger partial charge in [0, 0.05) is 110 Å². The van der Waals surface area contributed by atoms with Crippen molar-refractivity contribution in [2.24, 2.45) is 58.7 Å². The highest BCUT2D eigenvalue weighted by Crippen LogP contribution is 2.17. The number of carbonyl (C=O) groups is 9. The van der Waals surface area contributed by atoms with Gasteiger partial charge in [-0.25, -0.2) is 0 Å². The molecule has 0 bridgehead atoms. The third kappa shape index (κ3) is 81.5. The molecule has 9 amide bonds. The number of hydrogen-bond donors (Lipinski definition) is 14. The molecule has 0 aromatic heterocycles. The molecule has 0 aliphatic carbocycles. The van der Waals surface area contributed by atoms with E-state index in [1.54, 1.807) is 6.92 Å². The van der Waals surface area contributed by atoms with E-state index in [1.165, 1.54) is 0 Å². The predicted molar refractivity (Wildman–Crippen MR) is 396 cm³/mol. The summed E-state index contributed by atoms with van der Waals surface area (Å²) in [6.45, 7) is 62.1. The van der Waals surface area contributed by atoms with E-state index in [1.807, 2.05) is 173 Å². The molecule has 0 saturated carbocycles. The highest BCUT2D eigenvalue weighted by atomic mass is 16.3. The summed E-state index contributed by atoms with van der Waals surface area (Å²) in [4.78, 5) is 99.0. The van der Waals surface area contributed by atoms with Gasteiger partial charge in [-0.3, -0.25) is 43.2 Å². The molecule has 96 heavy (non-hydrogen) atoms. The zero-order valence-electron chi connectivity index (χ0n) is 67.0. The Bertz CT molecular complexity index is 1830. The van der Waals surface area contributed by atoms with Gasteiger partial charge in [0.15, 0.2) is 0 Å². The van der Waals surface area contributed by atoms with Crippen molar-refractivity contribution in [2.45, 2.75) is 315 Å². The molecule has 23 nitrogen and oxygen atoms in total. The Morgan fingerprint density at radius 1 is 0.323 bits per heavy atom. The second-order valence-corrected chi connectivity index (χ2v) is 27.9. The third-order valence-corrected chi connectivity index (χ3v) is 13.7. The van der Waals surface area contributed by atoms with Gasteiger partial charge < -0.3 is 73.4 Å². The van der Waals surface area contributed by atoms with Gasteiger partial charge in [0.2, 0.25) is 53.2 Å². The molecule has 7 atom stereocenters. The first-order valence-corrected chi connectivity index (χ1v) is 35.9. The fourth-order valence-corrected chi connectivity index (χ4v) is 5.44. The molecule has 23 heteroatoms. The van der Waals surface area contributed by atoms with E-state index in [0.29, 0.717) is 44.4 Å². The molecule has 0 aromatic rings. The van der Waals surface area contributed by atoms with Gasteiger partial charge >= 0.3 is 0 Å². The van der Waals surface area contributed by atoms with Gasteiger partial charge in [-0.1, -0.05) is 193 Å². The molecular formula is C73H155N9O14. The summed E-state index contributed by atoms with van der Waals surface area (Å²) in [7, 11) is 0. The predicted octanol–water partition coefficient (Wildman–Crippen LogP) is 9.13. The molecule has 1 unspecified atom stereocenters. The number of amides is 9. The van der Waals surface area contributed by atoms with Crippen molar-refractivity contribution in [3.63, 3.8) is 0 Å². The topological polar surface area (TPSA) is 363 Å². The Labute approximate surface area is 586 Å². The minimum Gasteiger partial charge on any atom is -0.396 e. The second kappa shape index (κ2) is 69.9. The molecule has 0 aliphatic heterocycles. The zero-order chi connectivity index (χ0) is 77.6. The van der Waals surface area contributed by atoms with Crippen molar-refractivity contribution in [2.75, 3.05) is 46.0 Å². The van der Waals surface area contributed by atoms with E-state index >= 15 is 0 Å². The summed E-state index contributed by atoms with van der Waals surface area (Å²) in [6, 6.07) is 0.513. The molecule has 0 saturated heterocycles. The average molecular weight is 1380 g/mol. The average Bonchev–Trinajstić information content (AvgIpc) is 3.36. The maximum Gasteiger partial charge on any atom is 0.222 e. The van der Waals surface area contributed by atoms with Crippen LogP contribution in [0.25, 0.3) is 0 Å². The lowest BCUT2D eigenvalue weighted by Crippen LogP contribution is -2.39. The first-order valence-electron chi connectivity index (χ1n) is 35.9. The van der Waals surface area contributed by atoms with Gasteiger partial charge in [-0.15, -0.1) is 0 Å². The van der Waals surface area contributed by atoms with Crippen LogP contribution in [0.2, 0.25) is 0 Å². The van der Waals surface area contributed by atoms with Crippen LogP contribution in [0, 0.1) is 58.7 Å². The van der Waals surface area contributed by atoms with Gasteiger partial charge in [0.25, 0.3) is 0 Å². The van der Waals surface area contributed by atoms with Gasteiger partial charge in [0.05, 0.1) is 31.5 Å². The van der Waals surface area contributed by atoms with E-state index in [2.05, 4.69) is 82.5 Å². The molecular weight excluding hydrogens is 1230 g/mol. The molecule has 0 radical (unpaired) electrons. The van der Waals surface area contributed by atoms with Crippen LogP contribution in [0.3, 0.4) is 0 Å². The molecule has 0 spiro atoms. The van der Waals surface area contributed by atoms with E-state index in [0.717, 1.165) is 51.6 Å². The number of aliphatic hydroxyl groups is 5. The molecule has 0 aromatic carbocycles. The Balaban J connectivity index is -0.000000127. The maximum absolute atomic E-state index is 11.2. The van der Waals surface area contributed by atoms with E-state index in [9.17, 15) is 43.2 Å². The van der Waals surface area contributed by atoms with Crippen molar-refractivity contribution in [1.82, 2.24) is 47.9 Å². The molecule has 576 valence electrons. The van der Waals surface area contributed by atoms with Gasteiger partial charge in [-0.2, -0.15) is 0 Å². The smallest absolute Gasteiger partial charge is 0.222 e. The van der Waals surface area contributed by atoms with Crippen LogP contribution in [-0.2, 0) is 43.2 Å². The Morgan fingerprint density at radius 2 is 0.615 bits per heavy atom. The summed E-state index contributed by atoms with van der Waals surface area (Å²) < 4.78 is 0. The van der Waals surface area contributed by atoms with Crippen LogP contribution < -0.4 is 47.9 Å². The lowest BCUT2D eigenvalue weighted by atomic mass is 9.90. The summed E-state index contributed by atoms with van der Waals surface area (Å²) in [6.07, 6.45) is 7.24. The zero-order valence-corrected chi connectivity index (χ0v) is 67.0. The van der Waals surface area contributed by atoms with Crippen LogP contribution in [-0.4, -0.2) is 167 Å². The van der Waals surface area contributed by atoms with Crippen LogP contribution >= 0.6 is 0 Å². The number of nitrogens with one attached hydrogen (secondary N) is 9. The highest BCUT2D eigenvalue weighted by molar-refractivity contribution is 5.81. The standard InChI is InChI=1S/C10H21NO.C9H19NO.4C8H17NO2.C8H17NO.C7H15NO2.C7H15NO/c1-6-10(4,5)7-11-9(12)8(2)3;1-5-6-8(4)10-9(11)7(2)3;1-6(2)8(11)9-7(3)4-5-10;1-4-7(5-10)9-8(11)6(2)3;2*1-4-7(10)5-9-8(11)6(2)3;1-5-7(4)9-8(10)6(2)3;1-5(2)7(10)8-6(3)4-9;1-4-5-8-7(9)6(2)3/h8H,6-7H2,1-5H3,(H,11,12);7-8H,5-6H2,1-4H3,(H,10,11);4*6-7,10H,4-5H2,1-3H3,(H,9,11);6-7H,5H2,1-4H3,(H,9,10);5-6,9H,4H2,1-3H3,(H,8,10);6H,4-5H2,1-3H3,(H,8,9)/t;8-;7-;;3*7-;6-;/m.01.1001./s1. The fourth-order valence-electron chi connectivity index (χ4n) is 5.44. The lowest BCUT2D eigenvalue weighted by molar-refractivity contribution is -0.125. The molecule has 0 fully saturated rings. The van der Waals surface area contributed by atoms with Crippen molar-refractivity contribution in [3.8, 4) is 0 Å². The van der Waals surface area contributed by atoms with Crippen LogP contribution in [0.1, 0.15) is 272 Å². The number of carbonyl (C=O) groups excluding carboxylic acids is 9. The Kier molecular flexibility index (Phi) is 79.9. The summed E-state index contributed by atoms with van der Waals surface area (Å²) in [5.74, 6) is 1.08. The fraction of sp³-hybridized carbons (Fsp3) is 0.877. The van der Waals surface area contributed by atoms with E-state index in [-0.39, 0.29) is 150 Å². The first kappa shape index (κ1) is 110. The minimum absolute atomic E-state index is 0.000874. The van der Waals surface area contributed by atoms with Gasteiger partial charge in [0.1, 0.15) is 0 Å². The molecule has 14 N–H and O–H groups in total. The quantitative estimate of drug-likeness (QED) is 0.0291. The van der Waals surface area contributed by atoms with Crippen molar-refractivity contribution in [1.29, 1.82) is 0 Å². The van der Waals surface area contributed by atoms with Crippen LogP contribution in [0.15, 0.2) is 0 Å². The number of hydrogen-bond acceptors (Lipinski definition) is 14. The van der Waals surface area contributed by atoms with E-state index < -0.39 is 12.2 Å². The largest absolute Gasteiger partial charge is 0.396 e. The Hall–Kier alpha value is -4.97. The van der Waals surface area contributed by atoms with Crippen molar-refractivity contribution >= 4 is 53.2 Å². The van der Waals surface area contributed by atoms with Crippen molar-refractivity contribution in [3.05, 3.63) is 0 Å². The Morgan fingerprint density at radius 3 is 0.865 bits per heavy atom. The van der Waals surface area contributed by atoms with Crippen LogP contribution in [0.5, 0.6) is 0 Å². The first-order chi connectivity index (χ1) is 44.1. The maximum atomic E-state index is 11.2. The summed E-state index contributed by atoms with van der Waals surface area (Å²) in [5, 5.41) is 69.0. The molecule has 0 rings (SSSR count). The van der Waals surface area contributed by atoms with Crippen LogP contribution in [0.4, 0.5) is 0 Å². The summed E-state index contributed by atoms with van der Waals surface area (Å²) in [5.41, 5.74) is 0.227. The number of aliphatic hydroxyl groups excluding tert-OH is 5. The van der Waals surface area contributed by atoms with Crippen molar-refractivity contribution < 1.29 is 68.7 Å². The number of rotatable bonds is 33. The summed E-state index contributed by atoms with van der Waals surface area (Å²) >= 11 is 0. The highest BCUT2D eigenvalue weighted by Gasteiger charge is 2.18.